The molecule has 9 heteroatoms. The summed E-state index contributed by atoms with van der Waals surface area (Å²) < 4.78 is 26.0. The van der Waals surface area contributed by atoms with Gasteiger partial charge in [-0.2, -0.15) is 0 Å². The fourth-order valence-electron chi connectivity index (χ4n) is 3.31. The highest BCUT2D eigenvalue weighted by Gasteiger charge is 2.30. The van der Waals surface area contributed by atoms with Crippen LogP contribution in [0, 0.1) is 6.92 Å². The molecular weight excluding hydrogens is 462 g/mol. The Kier molecular flexibility index (Phi) is 9.73. The van der Waals surface area contributed by atoms with Crippen LogP contribution in [0.3, 0.4) is 0 Å². The van der Waals surface area contributed by atoms with Gasteiger partial charge in [-0.25, -0.2) is 8.42 Å². The zero-order chi connectivity index (χ0) is 24.6. The smallest absolute Gasteiger partial charge is 0.244 e. The van der Waals surface area contributed by atoms with Gasteiger partial charge in [0.2, 0.25) is 21.8 Å². The predicted octanol–water partition coefficient (Wildman–Crippen LogP) is 3.75. The van der Waals surface area contributed by atoms with E-state index in [2.05, 4.69) is 5.32 Å². The van der Waals surface area contributed by atoms with E-state index in [-0.39, 0.29) is 12.5 Å². The number of benzene rings is 2. The van der Waals surface area contributed by atoms with E-state index in [9.17, 15) is 18.0 Å². The Hall–Kier alpha value is -2.58. The van der Waals surface area contributed by atoms with Gasteiger partial charge in [0.15, 0.2) is 0 Å². The first-order valence-corrected chi connectivity index (χ1v) is 13.1. The van der Waals surface area contributed by atoms with Gasteiger partial charge in [0.05, 0.1) is 11.9 Å². The van der Waals surface area contributed by atoms with Crippen LogP contribution >= 0.6 is 11.6 Å². The molecule has 0 aliphatic heterocycles. The second kappa shape index (κ2) is 12.0. The standard InChI is InChI=1S/C24H32ClN3O4S/c1-5-6-15-26-24(30)19(3)27(16-20-10-8-7-9-18(20)2)23(29)17-28(33(4,31)32)22-13-11-21(25)12-14-22/h7-14,19H,5-6,15-17H2,1-4H3,(H,26,30). The number of amides is 2. The first-order chi connectivity index (χ1) is 15.5. The van der Waals surface area contributed by atoms with E-state index in [1.165, 1.54) is 4.90 Å². The third-order valence-corrected chi connectivity index (χ3v) is 6.79. The van der Waals surface area contributed by atoms with Gasteiger partial charge < -0.3 is 10.2 Å². The Morgan fingerprint density at radius 1 is 1.09 bits per heavy atom. The van der Waals surface area contributed by atoms with Crippen molar-refractivity contribution >= 4 is 39.1 Å². The number of hydrogen-bond acceptors (Lipinski definition) is 4. The van der Waals surface area contributed by atoms with Crippen LogP contribution in [0.25, 0.3) is 0 Å². The molecule has 0 heterocycles. The molecule has 2 amide bonds. The molecule has 180 valence electrons. The van der Waals surface area contributed by atoms with Crippen LogP contribution in [0.2, 0.25) is 5.02 Å². The maximum Gasteiger partial charge on any atom is 0.244 e. The minimum absolute atomic E-state index is 0.187. The molecule has 7 nitrogen and oxygen atoms in total. The molecule has 0 bridgehead atoms. The van der Waals surface area contributed by atoms with Crippen LogP contribution in [0.15, 0.2) is 48.5 Å². The third kappa shape index (κ3) is 7.75. The number of sulfonamides is 1. The summed E-state index contributed by atoms with van der Waals surface area (Å²) in [6.07, 6.45) is 2.81. The van der Waals surface area contributed by atoms with Crippen molar-refractivity contribution in [1.29, 1.82) is 0 Å². The first kappa shape index (κ1) is 26.7. The number of nitrogens with one attached hydrogen (secondary N) is 1. The number of anilines is 1. The Bertz CT molecular complexity index is 1060. The molecule has 0 saturated carbocycles. The number of aryl methyl sites for hydroxylation is 1. The van der Waals surface area contributed by atoms with E-state index in [0.29, 0.717) is 17.3 Å². The number of hydrogen-bond donors (Lipinski definition) is 1. The molecule has 0 radical (unpaired) electrons. The van der Waals surface area contributed by atoms with Gasteiger partial charge in [-0.3, -0.25) is 13.9 Å². The summed E-state index contributed by atoms with van der Waals surface area (Å²) in [5.41, 5.74) is 2.19. The molecule has 1 unspecified atom stereocenters. The molecule has 33 heavy (non-hydrogen) atoms. The molecule has 0 aliphatic carbocycles. The molecule has 1 N–H and O–H groups in total. The van der Waals surface area contributed by atoms with E-state index >= 15 is 0 Å². The van der Waals surface area contributed by atoms with Gasteiger partial charge in [-0.15, -0.1) is 0 Å². The summed E-state index contributed by atoms with van der Waals surface area (Å²) in [5, 5.41) is 3.32. The molecule has 0 fully saturated rings. The Morgan fingerprint density at radius 3 is 2.30 bits per heavy atom. The molecule has 0 aromatic heterocycles. The number of carbonyl (C=O) groups is 2. The van der Waals surface area contributed by atoms with Crippen molar-refractivity contribution < 1.29 is 18.0 Å². The second-order valence-electron chi connectivity index (χ2n) is 8.01. The number of carbonyl (C=O) groups excluding carboxylic acids is 2. The highest BCUT2D eigenvalue weighted by molar-refractivity contribution is 7.92. The minimum atomic E-state index is -3.76. The molecule has 0 saturated heterocycles. The molecular formula is C24H32ClN3O4S. The number of nitrogens with zero attached hydrogens (tertiary/aromatic N) is 2. The van der Waals surface area contributed by atoms with Crippen LogP contribution in [0.5, 0.6) is 0 Å². The van der Waals surface area contributed by atoms with Crippen molar-refractivity contribution in [3.8, 4) is 0 Å². The first-order valence-electron chi connectivity index (χ1n) is 10.9. The van der Waals surface area contributed by atoms with Gasteiger partial charge in [-0.1, -0.05) is 49.2 Å². The van der Waals surface area contributed by atoms with Crippen LogP contribution < -0.4 is 9.62 Å². The average molecular weight is 494 g/mol. The lowest BCUT2D eigenvalue weighted by molar-refractivity contribution is -0.139. The van der Waals surface area contributed by atoms with Crippen molar-refractivity contribution in [1.82, 2.24) is 10.2 Å². The largest absolute Gasteiger partial charge is 0.354 e. The fourth-order valence-corrected chi connectivity index (χ4v) is 4.29. The van der Waals surface area contributed by atoms with Gasteiger partial charge >= 0.3 is 0 Å². The Labute approximate surface area is 201 Å². The van der Waals surface area contributed by atoms with Crippen molar-refractivity contribution in [2.24, 2.45) is 0 Å². The van der Waals surface area contributed by atoms with Crippen molar-refractivity contribution in [2.75, 3.05) is 23.7 Å². The maximum atomic E-state index is 13.4. The van der Waals surface area contributed by atoms with Crippen molar-refractivity contribution in [3.05, 3.63) is 64.7 Å². The van der Waals surface area contributed by atoms with Crippen LogP contribution in [-0.2, 0) is 26.2 Å². The SMILES string of the molecule is CCCCNC(=O)C(C)N(Cc1ccccc1C)C(=O)CN(c1ccc(Cl)cc1)S(C)(=O)=O. The molecule has 0 aliphatic rings. The zero-order valence-corrected chi connectivity index (χ0v) is 21.1. The van der Waals surface area contributed by atoms with Crippen molar-refractivity contribution in [3.63, 3.8) is 0 Å². The van der Waals surface area contributed by atoms with Crippen LogP contribution in [0.1, 0.15) is 37.8 Å². The van der Waals surface area contributed by atoms with E-state index in [1.54, 1.807) is 31.2 Å². The highest BCUT2D eigenvalue weighted by Crippen LogP contribution is 2.21. The Balaban J connectivity index is 2.35. The minimum Gasteiger partial charge on any atom is -0.354 e. The van der Waals surface area contributed by atoms with Crippen molar-refractivity contribution in [2.45, 2.75) is 46.2 Å². The highest BCUT2D eigenvalue weighted by atomic mass is 35.5. The number of rotatable bonds is 11. The number of halogens is 1. The van der Waals surface area contributed by atoms with E-state index in [1.807, 2.05) is 38.1 Å². The summed E-state index contributed by atoms with van der Waals surface area (Å²) in [5.74, 6) is -0.750. The zero-order valence-electron chi connectivity index (χ0n) is 19.5. The molecule has 0 spiro atoms. The second-order valence-corrected chi connectivity index (χ2v) is 10.4. The summed E-state index contributed by atoms with van der Waals surface area (Å²) in [6.45, 7) is 5.89. The molecule has 2 aromatic carbocycles. The summed E-state index contributed by atoms with van der Waals surface area (Å²) >= 11 is 5.93. The topological polar surface area (TPSA) is 86.8 Å². The fraction of sp³-hybridized carbons (Fsp3) is 0.417. The lowest BCUT2D eigenvalue weighted by atomic mass is 10.1. The Morgan fingerprint density at radius 2 is 1.73 bits per heavy atom. The van der Waals surface area contributed by atoms with E-state index in [4.69, 9.17) is 11.6 Å². The maximum absolute atomic E-state index is 13.4. The van der Waals surface area contributed by atoms with E-state index < -0.39 is 28.5 Å². The third-order valence-electron chi connectivity index (χ3n) is 5.39. The quantitative estimate of drug-likeness (QED) is 0.483. The summed E-state index contributed by atoms with van der Waals surface area (Å²) in [4.78, 5) is 27.7. The summed E-state index contributed by atoms with van der Waals surface area (Å²) in [6, 6.07) is 13.0. The molecule has 2 aromatic rings. The number of unbranched alkanes of at least 4 members (excludes halogenated alkanes) is 1. The van der Waals surface area contributed by atoms with Gasteiger partial charge in [0.25, 0.3) is 0 Å². The van der Waals surface area contributed by atoms with Crippen LogP contribution in [-0.4, -0.2) is 50.5 Å². The molecule has 1 atom stereocenters. The van der Waals surface area contributed by atoms with Crippen LogP contribution in [0.4, 0.5) is 5.69 Å². The van der Waals surface area contributed by atoms with Gasteiger partial charge in [0, 0.05) is 18.1 Å². The van der Waals surface area contributed by atoms with E-state index in [0.717, 1.165) is 34.5 Å². The van der Waals surface area contributed by atoms with Gasteiger partial charge in [-0.05, 0) is 55.7 Å². The van der Waals surface area contributed by atoms with Gasteiger partial charge in [0.1, 0.15) is 12.6 Å². The predicted molar refractivity (Wildman–Crippen MR) is 133 cm³/mol. The lowest BCUT2D eigenvalue weighted by Gasteiger charge is -2.32. The average Bonchev–Trinajstić information content (AvgIpc) is 2.76. The normalized spacial score (nSPS) is 12.2. The summed E-state index contributed by atoms with van der Waals surface area (Å²) in [7, 11) is -3.76. The molecule has 2 rings (SSSR count). The monoisotopic (exact) mass is 493 g/mol. The lowest BCUT2D eigenvalue weighted by Crippen LogP contribution is -2.51.